The zero-order chi connectivity index (χ0) is 9.23. The lowest BCUT2D eigenvalue weighted by atomic mass is 10.6. The molecule has 0 aliphatic carbocycles. The Kier molecular flexibility index (Phi) is 9.70. The molecule has 0 radical (unpaired) electrons. The summed E-state index contributed by atoms with van der Waals surface area (Å²) in [6.45, 7) is 0. The Hall–Kier alpha value is 0.340. The van der Waals surface area contributed by atoms with Gasteiger partial charge in [-0.15, -0.1) is 21.0 Å². The molecule has 0 saturated heterocycles. The lowest BCUT2D eigenvalue weighted by molar-refractivity contribution is -0.116. The van der Waals surface area contributed by atoms with Gasteiger partial charge in [0.2, 0.25) is 5.91 Å². The number of hydrogen-bond acceptors (Lipinski definition) is 3. The van der Waals surface area contributed by atoms with Crippen molar-refractivity contribution >= 4 is 39.5 Å². The van der Waals surface area contributed by atoms with Gasteiger partial charge in [0.05, 0.1) is 0 Å². The van der Waals surface area contributed by atoms with Gasteiger partial charge in [-0.05, 0) is 23.3 Å². The third-order valence-electron chi connectivity index (χ3n) is 1.01. The number of nitrogens with one attached hydrogen (secondary N) is 1. The lowest BCUT2D eigenvalue weighted by Crippen LogP contribution is -2.18. The van der Waals surface area contributed by atoms with Gasteiger partial charge < -0.3 is 5.32 Å². The fraction of sp³-hybridized carbons (Fsp3) is 0.571. The van der Waals surface area contributed by atoms with E-state index in [9.17, 15) is 4.79 Å². The molecule has 0 heterocycles. The minimum atomic E-state index is -0.0385. The molecule has 0 aliphatic rings. The zero-order valence-corrected chi connectivity index (χ0v) is 9.69. The van der Waals surface area contributed by atoms with Gasteiger partial charge in [0.1, 0.15) is 0 Å². The van der Waals surface area contributed by atoms with Crippen LogP contribution >= 0.6 is 33.6 Å². The van der Waals surface area contributed by atoms with E-state index < -0.39 is 0 Å². The summed E-state index contributed by atoms with van der Waals surface area (Å²) in [5.74, 6) is 1.88. The van der Waals surface area contributed by atoms with Gasteiger partial charge in [-0.25, -0.2) is 0 Å². The third kappa shape index (κ3) is 8.44. The molecule has 12 heavy (non-hydrogen) atoms. The SMILES string of the molecule is O=C(/C=C/SCCCS)NCP. The van der Waals surface area contributed by atoms with Gasteiger partial charge in [-0.1, -0.05) is 0 Å². The number of thioether (sulfide) groups is 1. The Morgan fingerprint density at radius 2 is 2.42 bits per heavy atom. The van der Waals surface area contributed by atoms with Crippen molar-refractivity contribution < 1.29 is 4.79 Å². The van der Waals surface area contributed by atoms with Crippen LogP contribution in [0.2, 0.25) is 0 Å². The smallest absolute Gasteiger partial charge is 0.244 e. The van der Waals surface area contributed by atoms with Crippen LogP contribution in [0, 0.1) is 0 Å². The number of hydrogen-bond donors (Lipinski definition) is 2. The molecule has 0 bridgehead atoms. The van der Waals surface area contributed by atoms with Crippen LogP contribution in [0.5, 0.6) is 0 Å². The van der Waals surface area contributed by atoms with Crippen LogP contribution in [0.4, 0.5) is 0 Å². The van der Waals surface area contributed by atoms with Crippen molar-refractivity contribution in [2.45, 2.75) is 6.42 Å². The molecular weight excluding hydrogens is 209 g/mol. The lowest BCUT2D eigenvalue weighted by Gasteiger charge is -1.94. The fourth-order valence-electron chi connectivity index (χ4n) is 0.485. The summed E-state index contributed by atoms with van der Waals surface area (Å²) in [6.07, 6.45) is 3.22. The largest absolute Gasteiger partial charge is 0.349 e. The molecule has 0 spiro atoms. The predicted molar refractivity (Wildman–Crippen MR) is 62.8 cm³/mol. The van der Waals surface area contributed by atoms with Crippen molar-refractivity contribution in [1.82, 2.24) is 5.32 Å². The van der Waals surface area contributed by atoms with Crippen LogP contribution < -0.4 is 5.32 Å². The fourth-order valence-corrected chi connectivity index (χ4v) is 1.73. The standard InChI is InChI=1S/C7H14NOPS2/c9-7(8-6-10)2-5-12-4-1-3-11/h2,5,11H,1,3-4,6,10H2,(H,8,9)/b5-2+. The van der Waals surface area contributed by atoms with Crippen molar-refractivity contribution in [3.05, 3.63) is 11.5 Å². The summed E-state index contributed by atoms with van der Waals surface area (Å²) in [4.78, 5) is 10.8. The molecule has 0 aromatic rings. The first-order chi connectivity index (χ1) is 5.81. The van der Waals surface area contributed by atoms with Crippen LogP contribution in [0.25, 0.3) is 0 Å². The maximum absolute atomic E-state index is 10.8. The van der Waals surface area contributed by atoms with Crippen LogP contribution in [0.1, 0.15) is 6.42 Å². The maximum atomic E-state index is 10.8. The van der Waals surface area contributed by atoms with Crippen molar-refractivity contribution in [2.75, 3.05) is 17.8 Å². The molecule has 0 rings (SSSR count). The molecule has 1 unspecified atom stereocenters. The molecule has 0 aromatic heterocycles. The first kappa shape index (κ1) is 12.3. The van der Waals surface area contributed by atoms with E-state index in [4.69, 9.17) is 0 Å². The molecule has 1 amide bonds. The second-order valence-electron chi connectivity index (χ2n) is 2.00. The van der Waals surface area contributed by atoms with E-state index in [1.807, 2.05) is 5.41 Å². The maximum Gasteiger partial charge on any atom is 0.244 e. The highest BCUT2D eigenvalue weighted by molar-refractivity contribution is 8.02. The number of carbonyl (C=O) groups excluding carboxylic acids is 1. The van der Waals surface area contributed by atoms with E-state index in [-0.39, 0.29) is 5.91 Å². The first-order valence-electron chi connectivity index (χ1n) is 3.68. The average Bonchev–Trinajstić information content (AvgIpc) is 2.05. The normalized spacial score (nSPS) is 10.5. The molecule has 0 aliphatic heterocycles. The van der Waals surface area contributed by atoms with Crippen molar-refractivity contribution in [3.8, 4) is 0 Å². The molecule has 2 nitrogen and oxygen atoms in total. The van der Waals surface area contributed by atoms with Crippen LogP contribution in [-0.4, -0.2) is 23.7 Å². The molecule has 70 valence electrons. The van der Waals surface area contributed by atoms with Crippen LogP contribution in [0.15, 0.2) is 11.5 Å². The third-order valence-corrected chi connectivity index (χ3v) is 2.39. The number of rotatable bonds is 6. The molecule has 0 aromatic carbocycles. The van der Waals surface area contributed by atoms with E-state index in [2.05, 4.69) is 27.2 Å². The van der Waals surface area contributed by atoms with Gasteiger partial charge in [0, 0.05) is 12.4 Å². The summed E-state index contributed by atoms with van der Waals surface area (Å²) in [7, 11) is 2.44. The number of thiol groups is 1. The van der Waals surface area contributed by atoms with Gasteiger partial charge in [-0.3, -0.25) is 4.79 Å². The van der Waals surface area contributed by atoms with Gasteiger partial charge in [0.15, 0.2) is 0 Å². The minimum absolute atomic E-state index is 0.0385. The summed E-state index contributed by atoms with van der Waals surface area (Å²) in [6, 6.07) is 0. The number of amides is 1. The Balaban J connectivity index is 3.29. The second kappa shape index (κ2) is 9.43. The van der Waals surface area contributed by atoms with Gasteiger partial charge >= 0.3 is 0 Å². The zero-order valence-electron chi connectivity index (χ0n) is 6.82. The highest BCUT2D eigenvalue weighted by Gasteiger charge is 1.89. The average molecular weight is 223 g/mol. The summed E-state index contributed by atoms with van der Waals surface area (Å²) in [5, 5.41) is 4.46. The highest BCUT2D eigenvalue weighted by Crippen LogP contribution is 2.04. The first-order valence-corrected chi connectivity index (χ1v) is 6.18. The Morgan fingerprint density at radius 1 is 1.67 bits per heavy atom. The molecule has 0 fully saturated rings. The van der Waals surface area contributed by atoms with Gasteiger partial charge in [-0.2, -0.15) is 12.6 Å². The Labute approximate surface area is 85.6 Å². The Bertz CT molecular complexity index is 152. The second-order valence-corrected chi connectivity index (χ2v) is 3.87. The molecule has 0 saturated carbocycles. The highest BCUT2D eigenvalue weighted by atomic mass is 32.2. The predicted octanol–water partition coefficient (Wildman–Crippen LogP) is 1.50. The molecule has 1 atom stereocenters. The molecule has 5 heteroatoms. The minimum Gasteiger partial charge on any atom is -0.349 e. The van der Waals surface area contributed by atoms with Crippen LogP contribution in [-0.2, 0) is 4.79 Å². The van der Waals surface area contributed by atoms with Crippen molar-refractivity contribution in [3.63, 3.8) is 0 Å². The van der Waals surface area contributed by atoms with Crippen LogP contribution in [0.3, 0.4) is 0 Å². The van der Waals surface area contributed by atoms with Crippen molar-refractivity contribution in [1.29, 1.82) is 0 Å². The summed E-state index contributed by atoms with van der Waals surface area (Å²) < 4.78 is 0. The van der Waals surface area contributed by atoms with E-state index in [1.165, 1.54) is 0 Å². The molecular formula is C7H14NOPS2. The van der Waals surface area contributed by atoms with E-state index in [1.54, 1.807) is 17.8 Å². The van der Waals surface area contributed by atoms with Gasteiger partial charge in [0.25, 0.3) is 0 Å². The topological polar surface area (TPSA) is 29.1 Å². The van der Waals surface area contributed by atoms with E-state index in [0.717, 1.165) is 17.9 Å². The Morgan fingerprint density at radius 3 is 3.00 bits per heavy atom. The molecule has 1 N–H and O–H groups in total. The summed E-state index contributed by atoms with van der Waals surface area (Å²) in [5.41, 5.74) is 0. The summed E-state index contributed by atoms with van der Waals surface area (Å²) >= 11 is 5.71. The quantitative estimate of drug-likeness (QED) is 0.309. The monoisotopic (exact) mass is 223 g/mol. The van der Waals surface area contributed by atoms with E-state index >= 15 is 0 Å². The van der Waals surface area contributed by atoms with E-state index in [0.29, 0.717) is 6.29 Å². The number of carbonyl (C=O) groups is 1. The van der Waals surface area contributed by atoms with Crippen molar-refractivity contribution in [2.24, 2.45) is 0 Å².